The lowest BCUT2D eigenvalue weighted by Crippen LogP contribution is -2.66. The lowest BCUT2D eigenvalue weighted by molar-refractivity contribution is -0.164. The molecule has 0 saturated carbocycles. The molecule has 6 nitrogen and oxygen atoms in total. The maximum atomic E-state index is 7.65. The Labute approximate surface area is 341 Å². The molecule has 0 radical (unpaired) electrons. The second-order valence-electron chi connectivity index (χ2n) is 16.3. The lowest BCUT2D eigenvalue weighted by Gasteiger charge is -2.44. The van der Waals surface area contributed by atoms with Gasteiger partial charge in [-0.25, -0.2) is 0 Å². The van der Waals surface area contributed by atoms with Crippen molar-refractivity contribution in [3.8, 4) is 5.75 Å². The molecule has 306 valence electrons. The molecule has 0 unspecified atom stereocenters. The van der Waals surface area contributed by atoms with E-state index in [2.05, 4.69) is 146 Å². The molecule has 0 aromatic heterocycles. The van der Waals surface area contributed by atoms with E-state index in [4.69, 9.17) is 27.8 Å². The number of hydrogen-bond donors (Lipinski definition) is 0. The van der Waals surface area contributed by atoms with E-state index in [1.54, 1.807) is 7.11 Å². The molecule has 4 atom stereocenters. The number of hydrogen-bond acceptors (Lipinski definition) is 6. The van der Waals surface area contributed by atoms with Gasteiger partial charge in [-0.05, 0) is 77.6 Å². The molecule has 1 aliphatic rings. The number of methoxy groups -OCH3 is 1. The van der Waals surface area contributed by atoms with E-state index in [1.807, 2.05) is 38.1 Å². The van der Waals surface area contributed by atoms with Gasteiger partial charge < -0.3 is 27.8 Å². The first-order valence-corrected chi connectivity index (χ1v) is 25.3. The molecule has 4 rings (SSSR count). The zero-order valence-corrected chi connectivity index (χ0v) is 38.0. The maximum absolute atomic E-state index is 7.65. The molecule has 0 bridgehead atoms. The summed E-state index contributed by atoms with van der Waals surface area (Å²) in [5.41, 5.74) is 0.348. The Morgan fingerprint density at radius 3 is 1.91 bits per heavy atom. The highest BCUT2D eigenvalue weighted by molar-refractivity contribution is 6.99. The molecule has 3 aromatic rings. The quantitative estimate of drug-likeness (QED) is 0.0573. The molecule has 0 saturated heterocycles. The summed E-state index contributed by atoms with van der Waals surface area (Å²) in [4.78, 5) is 0. The summed E-state index contributed by atoms with van der Waals surface area (Å²) in [6.45, 7) is 21.7. The Bertz CT molecular complexity index is 1600. The van der Waals surface area contributed by atoms with Crippen molar-refractivity contribution in [2.24, 2.45) is 5.92 Å². The van der Waals surface area contributed by atoms with Crippen LogP contribution in [0, 0.1) is 5.92 Å². The molecule has 0 fully saturated rings. The fourth-order valence-corrected chi connectivity index (χ4v) is 15.4. The molecule has 3 aromatic carbocycles. The minimum Gasteiger partial charge on any atom is -0.497 e. The predicted octanol–water partition coefficient (Wildman–Crippen LogP) is 10.8. The smallest absolute Gasteiger partial charge is 0.261 e. The van der Waals surface area contributed by atoms with Crippen molar-refractivity contribution in [2.75, 3.05) is 20.3 Å². The summed E-state index contributed by atoms with van der Waals surface area (Å²) < 4.78 is 39.5. The van der Waals surface area contributed by atoms with E-state index >= 15 is 0 Å². The fraction of sp³-hybridized carbons (Fsp3) is 0.500. The van der Waals surface area contributed by atoms with Gasteiger partial charge >= 0.3 is 0 Å². The zero-order valence-electron chi connectivity index (χ0n) is 36.0. The van der Waals surface area contributed by atoms with Gasteiger partial charge in [0.1, 0.15) is 5.75 Å². The van der Waals surface area contributed by atoms with Gasteiger partial charge in [0.15, 0.2) is 14.6 Å². The highest BCUT2D eigenvalue weighted by Gasteiger charge is 2.50. The molecule has 1 heterocycles. The van der Waals surface area contributed by atoms with E-state index < -0.39 is 28.5 Å². The van der Waals surface area contributed by atoms with E-state index in [-0.39, 0.29) is 23.2 Å². The van der Waals surface area contributed by atoms with Crippen LogP contribution in [0.25, 0.3) is 0 Å². The third-order valence-electron chi connectivity index (χ3n) is 11.3. The minimum absolute atomic E-state index is 0.0552. The fourth-order valence-electron chi connectivity index (χ4n) is 7.85. The van der Waals surface area contributed by atoms with Crippen LogP contribution < -0.4 is 15.1 Å². The van der Waals surface area contributed by atoms with Gasteiger partial charge in [-0.2, -0.15) is 0 Å². The molecular formula is C48H70O6Si2. The Kier molecular flexibility index (Phi) is 17.6. The third-order valence-corrected chi connectivity index (χ3v) is 21.0. The van der Waals surface area contributed by atoms with Crippen LogP contribution in [0.3, 0.4) is 0 Å². The van der Waals surface area contributed by atoms with Crippen molar-refractivity contribution in [3.63, 3.8) is 0 Å². The minimum atomic E-state index is -2.79. The largest absolute Gasteiger partial charge is 0.497 e. The van der Waals surface area contributed by atoms with Crippen molar-refractivity contribution in [1.82, 2.24) is 0 Å². The van der Waals surface area contributed by atoms with Gasteiger partial charge in [0.2, 0.25) is 0 Å². The molecule has 1 aliphatic heterocycles. The van der Waals surface area contributed by atoms with Crippen molar-refractivity contribution in [2.45, 2.75) is 129 Å². The first kappa shape index (κ1) is 45.6. The molecule has 0 spiro atoms. The first-order valence-electron chi connectivity index (χ1n) is 20.9. The Morgan fingerprint density at radius 1 is 0.786 bits per heavy atom. The number of rotatable bonds is 22. The van der Waals surface area contributed by atoms with Crippen LogP contribution in [-0.4, -0.2) is 61.1 Å². The Balaban J connectivity index is 1.77. The van der Waals surface area contributed by atoms with Crippen LogP contribution in [0.4, 0.5) is 0 Å². The van der Waals surface area contributed by atoms with Crippen LogP contribution in [0.5, 0.6) is 5.75 Å². The van der Waals surface area contributed by atoms with E-state index in [9.17, 15) is 0 Å². The second kappa shape index (κ2) is 21.6. The summed E-state index contributed by atoms with van der Waals surface area (Å²) in [5, 5.41) is 2.40. The summed E-state index contributed by atoms with van der Waals surface area (Å²) in [5.74, 6) is 1.06. The van der Waals surface area contributed by atoms with E-state index in [1.165, 1.54) is 10.4 Å². The van der Waals surface area contributed by atoms with Crippen LogP contribution in [0.1, 0.15) is 80.7 Å². The molecule has 0 amide bonds. The summed E-state index contributed by atoms with van der Waals surface area (Å²) in [6, 6.07) is 32.9. The molecule has 8 heteroatoms. The van der Waals surface area contributed by atoms with Gasteiger partial charge in [0, 0.05) is 18.9 Å². The molecular weight excluding hydrogens is 729 g/mol. The maximum Gasteiger partial charge on any atom is 0.261 e. The standard InChI is InChI=1S/C48H70O6Si2/c1-11-41-28-31-46(52-39(5)6)53-45(41)32-34-48(54-55(12-2,13-3)14-4,33-21-36-50-38-40-26-29-42(49-10)30-27-40)35-37-51-56(47(7,8)9,43-22-17-15-18-23-43)44-24-19-16-20-25-44/h15-34,39,41,45-46H,11-14,35-38H2,1-10H3/b33-21+,34-32?/t41-,45-,46+,48-/m0/s1. The van der Waals surface area contributed by atoms with E-state index in [0.29, 0.717) is 26.2 Å². The summed E-state index contributed by atoms with van der Waals surface area (Å²) >= 11 is 0. The highest BCUT2D eigenvalue weighted by Crippen LogP contribution is 2.39. The first-order chi connectivity index (χ1) is 26.9. The van der Waals surface area contributed by atoms with Gasteiger partial charge in [0.25, 0.3) is 8.32 Å². The van der Waals surface area contributed by atoms with Gasteiger partial charge in [-0.3, -0.25) is 0 Å². The Hall–Kier alpha value is -3.09. The highest BCUT2D eigenvalue weighted by atomic mass is 28.4. The molecule has 0 N–H and O–H groups in total. The van der Waals surface area contributed by atoms with Crippen LogP contribution in [0.15, 0.2) is 121 Å². The van der Waals surface area contributed by atoms with Crippen molar-refractivity contribution in [3.05, 3.63) is 127 Å². The van der Waals surface area contributed by atoms with Crippen LogP contribution in [-0.2, 0) is 29.7 Å². The lowest BCUT2D eigenvalue weighted by atomic mass is 9.92. The zero-order chi connectivity index (χ0) is 40.7. The third kappa shape index (κ3) is 12.0. The molecule has 56 heavy (non-hydrogen) atoms. The monoisotopic (exact) mass is 798 g/mol. The van der Waals surface area contributed by atoms with Crippen LogP contribution in [0.2, 0.25) is 23.2 Å². The topological polar surface area (TPSA) is 55.4 Å². The average molecular weight is 799 g/mol. The normalized spacial score (nSPS) is 19.2. The predicted molar refractivity (Wildman–Crippen MR) is 238 cm³/mol. The average Bonchev–Trinajstić information content (AvgIpc) is 3.21. The van der Waals surface area contributed by atoms with Crippen molar-refractivity contribution < 1.29 is 27.8 Å². The second-order valence-corrected chi connectivity index (χ2v) is 25.3. The van der Waals surface area contributed by atoms with Crippen molar-refractivity contribution in [1.29, 1.82) is 0 Å². The molecule has 0 aliphatic carbocycles. The number of ether oxygens (including phenoxy) is 4. The van der Waals surface area contributed by atoms with E-state index in [0.717, 1.165) is 35.9 Å². The van der Waals surface area contributed by atoms with Gasteiger partial charge in [-0.1, -0.05) is 152 Å². The van der Waals surface area contributed by atoms with Gasteiger partial charge in [-0.15, -0.1) is 0 Å². The van der Waals surface area contributed by atoms with Gasteiger partial charge in [0.05, 0.1) is 38.1 Å². The summed E-state index contributed by atoms with van der Waals surface area (Å²) in [7, 11) is -3.28. The SMILES string of the molecule is CC[C@H]1C=C[C@H](OC(C)C)O[C@H]1C=C[C@@](/C=C/COCc1ccc(OC)cc1)(CCO[Si](c1ccccc1)(c1ccccc1)C(C)(C)C)O[Si](CC)(CC)CC. The van der Waals surface area contributed by atoms with Crippen molar-refractivity contribution >= 4 is 27.0 Å². The van der Waals surface area contributed by atoms with Crippen LogP contribution >= 0.6 is 0 Å². The Morgan fingerprint density at radius 2 is 1.39 bits per heavy atom. The number of benzene rings is 3. The summed E-state index contributed by atoms with van der Waals surface area (Å²) in [6.07, 6.45) is 14.3.